The van der Waals surface area contributed by atoms with E-state index in [2.05, 4.69) is 32.1 Å². The Morgan fingerprint density at radius 2 is 1.90 bits per heavy atom. The van der Waals surface area contributed by atoms with Crippen molar-refractivity contribution in [3.8, 4) is 0 Å². The van der Waals surface area contributed by atoms with Crippen molar-refractivity contribution >= 4 is 38.1 Å². The SMILES string of the molecule is CC(C)C(=O)Nc1nnc(S(=O)(=O)N[C@@H](C)c2ccc(N3CCC[C@H](C)C3)cc2)s1. The summed E-state index contributed by atoms with van der Waals surface area (Å²) in [6.45, 7) is 9.65. The van der Waals surface area contributed by atoms with Crippen molar-refractivity contribution in [2.75, 3.05) is 23.3 Å². The predicted molar refractivity (Wildman–Crippen MR) is 119 cm³/mol. The molecule has 164 valence electrons. The van der Waals surface area contributed by atoms with Crippen molar-refractivity contribution in [2.24, 2.45) is 11.8 Å². The Labute approximate surface area is 182 Å². The van der Waals surface area contributed by atoms with Gasteiger partial charge in [-0.15, -0.1) is 10.2 Å². The number of hydrogen-bond donors (Lipinski definition) is 2. The maximum absolute atomic E-state index is 12.7. The number of anilines is 2. The third kappa shape index (κ3) is 5.55. The Hall–Kier alpha value is -2.04. The van der Waals surface area contributed by atoms with Gasteiger partial charge in [-0.1, -0.05) is 44.2 Å². The lowest BCUT2D eigenvalue weighted by molar-refractivity contribution is -0.118. The van der Waals surface area contributed by atoms with Gasteiger partial charge in [-0.25, -0.2) is 13.1 Å². The van der Waals surface area contributed by atoms with Crippen molar-refractivity contribution in [3.05, 3.63) is 29.8 Å². The van der Waals surface area contributed by atoms with E-state index in [-0.39, 0.29) is 21.3 Å². The number of rotatable bonds is 7. The lowest BCUT2D eigenvalue weighted by atomic mass is 9.99. The summed E-state index contributed by atoms with van der Waals surface area (Å²) in [5.41, 5.74) is 2.03. The van der Waals surface area contributed by atoms with Crippen LogP contribution in [-0.2, 0) is 14.8 Å². The van der Waals surface area contributed by atoms with Gasteiger partial charge in [0, 0.05) is 30.7 Å². The first kappa shape index (κ1) is 22.6. The van der Waals surface area contributed by atoms with E-state index in [0.717, 1.165) is 35.7 Å². The highest BCUT2D eigenvalue weighted by Gasteiger charge is 2.24. The molecule has 3 rings (SSSR count). The molecule has 0 aliphatic carbocycles. The van der Waals surface area contributed by atoms with Crippen LogP contribution in [0.4, 0.5) is 10.8 Å². The third-order valence-electron chi connectivity index (χ3n) is 5.14. The number of piperidine rings is 1. The first-order chi connectivity index (χ1) is 14.2. The molecule has 1 aliphatic rings. The quantitative estimate of drug-likeness (QED) is 0.625. The fourth-order valence-corrected chi connectivity index (χ4v) is 5.52. The van der Waals surface area contributed by atoms with Crippen LogP contribution in [-0.4, -0.2) is 37.6 Å². The molecule has 2 atom stereocenters. The van der Waals surface area contributed by atoms with E-state index in [1.807, 2.05) is 24.3 Å². The summed E-state index contributed by atoms with van der Waals surface area (Å²) in [5, 5.41) is 10.2. The largest absolute Gasteiger partial charge is 0.371 e. The molecule has 10 heteroatoms. The van der Waals surface area contributed by atoms with Crippen molar-refractivity contribution in [1.29, 1.82) is 0 Å². The number of nitrogens with zero attached hydrogens (tertiary/aromatic N) is 3. The Kier molecular flexibility index (Phi) is 7.10. The van der Waals surface area contributed by atoms with Gasteiger partial charge in [0.1, 0.15) is 0 Å². The van der Waals surface area contributed by atoms with Gasteiger partial charge in [-0.2, -0.15) is 0 Å². The van der Waals surface area contributed by atoms with Crippen LogP contribution in [0.2, 0.25) is 0 Å². The Balaban J connectivity index is 1.65. The molecule has 0 radical (unpaired) electrons. The number of sulfonamides is 1. The van der Waals surface area contributed by atoms with E-state index >= 15 is 0 Å². The zero-order valence-corrected chi connectivity index (χ0v) is 19.4. The van der Waals surface area contributed by atoms with Crippen LogP contribution < -0.4 is 14.9 Å². The maximum atomic E-state index is 12.7. The fraction of sp³-hybridized carbons (Fsp3) is 0.550. The van der Waals surface area contributed by atoms with Gasteiger partial charge in [0.05, 0.1) is 0 Å². The van der Waals surface area contributed by atoms with Gasteiger partial charge in [-0.3, -0.25) is 4.79 Å². The molecule has 2 N–H and O–H groups in total. The van der Waals surface area contributed by atoms with Crippen LogP contribution in [0, 0.1) is 11.8 Å². The summed E-state index contributed by atoms with van der Waals surface area (Å²) in [7, 11) is -3.85. The molecule has 1 amide bonds. The van der Waals surface area contributed by atoms with Crippen LogP contribution in [0.3, 0.4) is 0 Å². The summed E-state index contributed by atoms with van der Waals surface area (Å²) < 4.78 is 27.8. The highest BCUT2D eigenvalue weighted by Crippen LogP contribution is 2.26. The van der Waals surface area contributed by atoms with Crippen LogP contribution in [0.25, 0.3) is 0 Å². The Morgan fingerprint density at radius 3 is 2.53 bits per heavy atom. The van der Waals surface area contributed by atoms with Crippen molar-refractivity contribution in [2.45, 2.75) is 50.9 Å². The summed E-state index contributed by atoms with van der Waals surface area (Å²) in [6.07, 6.45) is 2.46. The average Bonchev–Trinajstić information content (AvgIpc) is 3.17. The Bertz CT molecular complexity index is 973. The average molecular weight is 452 g/mol. The summed E-state index contributed by atoms with van der Waals surface area (Å²) in [6, 6.07) is 7.57. The lowest BCUT2D eigenvalue weighted by Crippen LogP contribution is -2.34. The number of nitrogens with one attached hydrogen (secondary N) is 2. The number of carbonyl (C=O) groups is 1. The smallest absolute Gasteiger partial charge is 0.270 e. The first-order valence-electron chi connectivity index (χ1n) is 10.2. The molecule has 1 aliphatic heterocycles. The molecule has 2 heterocycles. The minimum Gasteiger partial charge on any atom is -0.371 e. The maximum Gasteiger partial charge on any atom is 0.270 e. The monoisotopic (exact) mass is 451 g/mol. The van der Waals surface area contributed by atoms with E-state index in [4.69, 9.17) is 0 Å². The van der Waals surface area contributed by atoms with Crippen LogP contribution in [0.5, 0.6) is 0 Å². The number of amides is 1. The number of aromatic nitrogens is 2. The molecule has 0 bridgehead atoms. The predicted octanol–water partition coefficient (Wildman–Crippen LogP) is 3.41. The standard InChI is InChI=1S/C20H29N5O3S2/c1-13(2)18(26)21-19-22-23-20(29-19)30(27,28)24-15(4)16-7-9-17(10-8-16)25-11-5-6-14(3)12-25/h7-10,13-15,24H,5-6,11-12H2,1-4H3,(H,21,22,26)/t14-,15-/m0/s1. The summed E-state index contributed by atoms with van der Waals surface area (Å²) >= 11 is 0.833. The molecule has 0 saturated carbocycles. The molecule has 30 heavy (non-hydrogen) atoms. The molecule has 2 aromatic rings. The minimum atomic E-state index is -3.85. The molecule has 1 aromatic carbocycles. The third-order valence-corrected chi connectivity index (χ3v) is 7.88. The van der Waals surface area contributed by atoms with Gasteiger partial charge >= 0.3 is 0 Å². The number of carbonyl (C=O) groups excluding carboxylic acids is 1. The van der Waals surface area contributed by atoms with Crippen molar-refractivity contribution in [1.82, 2.24) is 14.9 Å². The first-order valence-corrected chi connectivity index (χ1v) is 12.5. The van der Waals surface area contributed by atoms with E-state index in [0.29, 0.717) is 5.92 Å². The van der Waals surface area contributed by atoms with Crippen LogP contribution >= 0.6 is 11.3 Å². The second-order valence-corrected chi connectivity index (χ2v) is 11.0. The fourth-order valence-electron chi connectivity index (χ4n) is 3.37. The van der Waals surface area contributed by atoms with Gasteiger partial charge in [0.25, 0.3) is 10.0 Å². The molecule has 1 fully saturated rings. The van der Waals surface area contributed by atoms with Gasteiger partial charge in [0.15, 0.2) is 0 Å². The molecule has 0 unspecified atom stereocenters. The molecular weight excluding hydrogens is 422 g/mol. The zero-order chi connectivity index (χ0) is 21.9. The van der Waals surface area contributed by atoms with E-state index < -0.39 is 16.1 Å². The highest BCUT2D eigenvalue weighted by molar-refractivity contribution is 7.91. The minimum absolute atomic E-state index is 0.168. The number of benzene rings is 1. The van der Waals surface area contributed by atoms with Crippen LogP contribution in [0.1, 0.15) is 52.1 Å². The molecule has 1 aromatic heterocycles. The second-order valence-electron chi connectivity index (χ2n) is 8.14. The molecule has 1 saturated heterocycles. The lowest BCUT2D eigenvalue weighted by Gasteiger charge is -2.33. The van der Waals surface area contributed by atoms with E-state index in [1.165, 1.54) is 12.8 Å². The Morgan fingerprint density at radius 1 is 1.20 bits per heavy atom. The van der Waals surface area contributed by atoms with Gasteiger partial charge < -0.3 is 10.2 Å². The van der Waals surface area contributed by atoms with Crippen molar-refractivity contribution < 1.29 is 13.2 Å². The van der Waals surface area contributed by atoms with Gasteiger partial charge in [0.2, 0.25) is 15.4 Å². The highest BCUT2D eigenvalue weighted by atomic mass is 32.2. The summed E-state index contributed by atoms with van der Waals surface area (Å²) in [5.74, 6) is 0.217. The molecular formula is C20H29N5O3S2. The normalized spacial score (nSPS) is 18.4. The summed E-state index contributed by atoms with van der Waals surface area (Å²) in [4.78, 5) is 14.1. The topological polar surface area (TPSA) is 104 Å². The van der Waals surface area contributed by atoms with Crippen LogP contribution in [0.15, 0.2) is 28.6 Å². The molecule has 0 spiro atoms. The van der Waals surface area contributed by atoms with E-state index in [1.54, 1.807) is 20.8 Å². The molecule has 8 nitrogen and oxygen atoms in total. The van der Waals surface area contributed by atoms with Crippen molar-refractivity contribution in [3.63, 3.8) is 0 Å². The van der Waals surface area contributed by atoms with E-state index in [9.17, 15) is 13.2 Å². The second kappa shape index (κ2) is 9.40. The zero-order valence-electron chi connectivity index (χ0n) is 17.8. The van der Waals surface area contributed by atoms with Gasteiger partial charge in [-0.05, 0) is 43.4 Å². The number of hydrogen-bond acceptors (Lipinski definition) is 7.